The highest BCUT2D eigenvalue weighted by Gasteiger charge is 2.26. The summed E-state index contributed by atoms with van der Waals surface area (Å²) in [6, 6.07) is 80.8. The van der Waals surface area contributed by atoms with Gasteiger partial charge < -0.3 is 0 Å². The molecular formula is C57H38N4. The van der Waals surface area contributed by atoms with Gasteiger partial charge in [0.15, 0.2) is 5.82 Å². The summed E-state index contributed by atoms with van der Waals surface area (Å²) >= 11 is 0. The zero-order valence-corrected chi connectivity index (χ0v) is 33.2. The van der Waals surface area contributed by atoms with Crippen LogP contribution in [0.5, 0.6) is 0 Å². The van der Waals surface area contributed by atoms with Gasteiger partial charge in [0.1, 0.15) is 5.82 Å². The molecule has 0 fully saturated rings. The zero-order chi connectivity index (χ0) is 40.5. The lowest BCUT2D eigenvalue weighted by Crippen LogP contribution is -2.03. The summed E-state index contributed by atoms with van der Waals surface area (Å²) in [7, 11) is 0. The number of benzene rings is 8. The van der Waals surface area contributed by atoms with Crippen LogP contribution in [0.25, 0.3) is 106 Å². The fourth-order valence-electron chi connectivity index (χ4n) is 8.67. The minimum atomic E-state index is 0.642. The maximum atomic E-state index is 5.64. The number of nitrogens with zero attached hydrogens (tertiary/aromatic N) is 4. The van der Waals surface area contributed by atoms with E-state index in [1.165, 1.54) is 10.8 Å². The highest BCUT2D eigenvalue weighted by atomic mass is 15.1. The van der Waals surface area contributed by atoms with E-state index in [9.17, 15) is 0 Å². The van der Waals surface area contributed by atoms with Gasteiger partial charge in [0.05, 0.1) is 28.1 Å². The van der Waals surface area contributed by atoms with Crippen LogP contribution in [0.15, 0.2) is 231 Å². The van der Waals surface area contributed by atoms with Crippen molar-refractivity contribution in [2.75, 3.05) is 0 Å². The van der Waals surface area contributed by atoms with Crippen LogP contribution in [-0.4, -0.2) is 19.5 Å². The van der Waals surface area contributed by atoms with Gasteiger partial charge in [-0.25, -0.2) is 15.0 Å². The Kier molecular flexibility index (Phi) is 9.14. The van der Waals surface area contributed by atoms with Crippen LogP contribution >= 0.6 is 0 Å². The highest BCUT2D eigenvalue weighted by molar-refractivity contribution is 6.09. The smallest absolute Gasteiger partial charge is 0.162 e. The summed E-state index contributed by atoms with van der Waals surface area (Å²) in [4.78, 5) is 16.4. The second-order valence-corrected chi connectivity index (χ2v) is 15.1. The second-order valence-electron chi connectivity index (χ2n) is 15.1. The molecule has 0 atom stereocenters. The Balaban J connectivity index is 1.22. The first-order valence-corrected chi connectivity index (χ1v) is 20.6. The standard InChI is InChI=1S/C57H38N4/c1-6-21-39(22-7-1)48-38-51(61-49-35-18-16-33-46(49)47-34-17-19-36-50(47)61)59-57(58-48)45-32-20-31-44(37-45)52-53(40-23-8-2-9-24-40)55(42-27-12-4-13-28-42)60-56(43-29-14-5-15-30-43)54(52)41-25-10-3-11-26-41/h1-38H. The van der Waals surface area contributed by atoms with Crippen LogP contribution in [0, 0.1) is 0 Å². The summed E-state index contributed by atoms with van der Waals surface area (Å²) in [6.45, 7) is 0. The first kappa shape index (κ1) is 35.9. The number of pyridine rings is 1. The molecule has 8 aromatic carbocycles. The Morgan fingerprint density at radius 1 is 0.279 bits per heavy atom. The molecule has 0 N–H and O–H groups in total. The molecule has 0 saturated heterocycles. The van der Waals surface area contributed by atoms with E-state index in [2.05, 4.69) is 229 Å². The molecule has 0 bridgehead atoms. The van der Waals surface area contributed by atoms with Gasteiger partial charge in [-0.2, -0.15) is 0 Å². The first-order chi connectivity index (χ1) is 30.3. The lowest BCUT2D eigenvalue weighted by molar-refractivity contribution is 1.05. The zero-order valence-electron chi connectivity index (χ0n) is 33.2. The van der Waals surface area contributed by atoms with Crippen LogP contribution in [0.2, 0.25) is 0 Å². The molecule has 4 heteroatoms. The molecule has 0 unspecified atom stereocenters. The van der Waals surface area contributed by atoms with E-state index in [0.29, 0.717) is 5.82 Å². The first-order valence-electron chi connectivity index (χ1n) is 20.6. The Labute approximate surface area is 354 Å². The molecule has 0 radical (unpaired) electrons. The van der Waals surface area contributed by atoms with Gasteiger partial charge in [-0.3, -0.25) is 4.57 Å². The summed E-state index contributed by atoms with van der Waals surface area (Å²) < 4.78 is 2.27. The number of aromatic nitrogens is 4. The van der Waals surface area contributed by atoms with E-state index >= 15 is 0 Å². The predicted octanol–water partition coefficient (Wildman–Crippen LogP) is 14.6. The topological polar surface area (TPSA) is 43.6 Å². The van der Waals surface area contributed by atoms with Crippen molar-refractivity contribution in [2.45, 2.75) is 0 Å². The quantitative estimate of drug-likeness (QED) is 0.154. The third kappa shape index (κ3) is 6.57. The van der Waals surface area contributed by atoms with Crippen molar-refractivity contribution in [3.05, 3.63) is 231 Å². The van der Waals surface area contributed by atoms with E-state index in [1.807, 2.05) is 6.07 Å². The summed E-state index contributed by atoms with van der Waals surface area (Å²) in [5.74, 6) is 1.45. The minimum Gasteiger partial charge on any atom is -0.294 e. The molecule has 0 amide bonds. The average Bonchev–Trinajstić information content (AvgIpc) is 3.69. The normalized spacial score (nSPS) is 11.3. The predicted molar refractivity (Wildman–Crippen MR) is 252 cm³/mol. The van der Waals surface area contributed by atoms with E-state index in [1.54, 1.807) is 0 Å². The van der Waals surface area contributed by atoms with Gasteiger partial charge in [-0.05, 0) is 34.9 Å². The molecule has 0 spiro atoms. The third-order valence-corrected chi connectivity index (χ3v) is 11.4. The number of rotatable bonds is 8. The van der Waals surface area contributed by atoms with Crippen LogP contribution < -0.4 is 0 Å². The summed E-state index contributed by atoms with van der Waals surface area (Å²) in [6.07, 6.45) is 0. The van der Waals surface area contributed by atoms with Gasteiger partial charge in [-0.1, -0.05) is 206 Å². The molecule has 0 saturated carbocycles. The molecule has 4 nitrogen and oxygen atoms in total. The van der Waals surface area contributed by atoms with Gasteiger partial charge in [-0.15, -0.1) is 0 Å². The van der Waals surface area contributed by atoms with E-state index in [4.69, 9.17) is 15.0 Å². The summed E-state index contributed by atoms with van der Waals surface area (Å²) in [5.41, 5.74) is 15.3. The maximum absolute atomic E-state index is 5.64. The Morgan fingerprint density at radius 3 is 1.20 bits per heavy atom. The van der Waals surface area contributed by atoms with Crippen molar-refractivity contribution in [3.63, 3.8) is 0 Å². The fraction of sp³-hybridized carbons (Fsp3) is 0. The molecule has 286 valence electrons. The lowest BCUT2D eigenvalue weighted by atomic mass is 9.83. The Bertz CT molecular complexity index is 3170. The number of hydrogen-bond donors (Lipinski definition) is 0. The fourth-order valence-corrected chi connectivity index (χ4v) is 8.67. The molecule has 3 aromatic heterocycles. The molecular weight excluding hydrogens is 741 g/mol. The van der Waals surface area contributed by atoms with E-state index in [0.717, 1.165) is 89.6 Å². The number of fused-ring (bicyclic) bond motifs is 3. The van der Waals surface area contributed by atoms with E-state index < -0.39 is 0 Å². The van der Waals surface area contributed by atoms with Crippen LogP contribution in [0.4, 0.5) is 0 Å². The van der Waals surface area contributed by atoms with E-state index in [-0.39, 0.29) is 0 Å². The second kappa shape index (κ2) is 15.5. The molecule has 11 rings (SSSR count). The SMILES string of the molecule is c1ccc(-c2cc(-n3c4ccccc4c4ccccc43)nc(-c3cccc(-c4c(-c5ccccc5)c(-c5ccccc5)nc(-c5ccccc5)c4-c4ccccc4)c3)n2)cc1. The molecule has 3 heterocycles. The largest absolute Gasteiger partial charge is 0.294 e. The molecule has 61 heavy (non-hydrogen) atoms. The maximum Gasteiger partial charge on any atom is 0.162 e. The molecule has 0 aliphatic carbocycles. The van der Waals surface area contributed by atoms with Gasteiger partial charge in [0.25, 0.3) is 0 Å². The third-order valence-electron chi connectivity index (χ3n) is 11.4. The van der Waals surface area contributed by atoms with Crippen molar-refractivity contribution in [3.8, 4) is 84.4 Å². The highest BCUT2D eigenvalue weighted by Crippen LogP contribution is 2.49. The Hall–Kier alpha value is -8.21. The van der Waals surface area contributed by atoms with Crippen molar-refractivity contribution in [2.24, 2.45) is 0 Å². The molecule has 0 aliphatic heterocycles. The van der Waals surface area contributed by atoms with Gasteiger partial charge >= 0.3 is 0 Å². The molecule has 0 aliphatic rings. The van der Waals surface area contributed by atoms with Gasteiger partial charge in [0.2, 0.25) is 0 Å². The summed E-state index contributed by atoms with van der Waals surface area (Å²) in [5, 5.41) is 2.37. The monoisotopic (exact) mass is 778 g/mol. The minimum absolute atomic E-state index is 0.642. The Morgan fingerprint density at radius 2 is 0.689 bits per heavy atom. The number of hydrogen-bond acceptors (Lipinski definition) is 3. The number of para-hydroxylation sites is 2. The van der Waals surface area contributed by atoms with Crippen molar-refractivity contribution >= 4 is 21.8 Å². The van der Waals surface area contributed by atoms with Gasteiger partial charge in [0, 0.05) is 55.8 Å². The lowest BCUT2D eigenvalue weighted by Gasteiger charge is -2.23. The van der Waals surface area contributed by atoms with Crippen molar-refractivity contribution < 1.29 is 0 Å². The van der Waals surface area contributed by atoms with Crippen LogP contribution in [0.3, 0.4) is 0 Å². The van der Waals surface area contributed by atoms with Crippen LogP contribution in [-0.2, 0) is 0 Å². The molecule has 11 aromatic rings. The van der Waals surface area contributed by atoms with Crippen molar-refractivity contribution in [1.82, 2.24) is 19.5 Å². The van der Waals surface area contributed by atoms with Crippen LogP contribution in [0.1, 0.15) is 0 Å². The average molecular weight is 779 g/mol. The van der Waals surface area contributed by atoms with Crippen molar-refractivity contribution in [1.29, 1.82) is 0 Å².